The van der Waals surface area contributed by atoms with Gasteiger partial charge in [-0.1, -0.05) is 12.1 Å². The number of carbonyl (C=O) groups excluding carboxylic acids is 4. The van der Waals surface area contributed by atoms with E-state index in [0.29, 0.717) is 44.0 Å². The van der Waals surface area contributed by atoms with Crippen molar-refractivity contribution in [2.75, 3.05) is 44.4 Å². The number of anilines is 1. The molecule has 0 atom stereocenters. The molecule has 2 heterocycles. The van der Waals surface area contributed by atoms with Gasteiger partial charge in [-0.05, 0) is 31.9 Å². The Morgan fingerprint density at radius 3 is 2.60 bits per heavy atom. The molecule has 1 aromatic carbocycles. The van der Waals surface area contributed by atoms with Crippen LogP contribution in [0.25, 0.3) is 0 Å². The molecule has 0 saturated carbocycles. The van der Waals surface area contributed by atoms with Crippen molar-refractivity contribution in [3.63, 3.8) is 0 Å². The Morgan fingerprint density at radius 2 is 1.87 bits per heavy atom. The molecule has 9 heteroatoms. The number of fused-ring (bicyclic) bond motifs is 1. The first-order valence-corrected chi connectivity index (χ1v) is 10.1. The van der Waals surface area contributed by atoms with Gasteiger partial charge < -0.3 is 24.0 Å². The summed E-state index contributed by atoms with van der Waals surface area (Å²) in [6, 6.07) is 7.11. The van der Waals surface area contributed by atoms with E-state index in [4.69, 9.17) is 14.2 Å². The number of piperidine rings is 1. The number of hydrogen-bond donors (Lipinski definition) is 0. The van der Waals surface area contributed by atoms with Gasteiger partial charge in [0, 0.05) is 19.6 Å². The minimum absolute atomic E-state index is 0.0295. The lowest BCUT2D eigenvalue weighted by atomic mass is 9.97. The molecule has 0 spiro atoms. The van der Waals surface area contributed by atoms with Crippen LogP contribution < -0.4 is 9.64 Å². The van der Waals surface area contributed by atoms with Crippen LogP contribution in [0.15, 0.2) is 24.3 Å². The van der Waals surface area contributed by atoms with Gasteiger partial charge in [0.1, 0.15) is 5.75 Å². The SMILES string of the molecule is CCOC(=O)C1CCN(C(=O)COC(=O)CCN2C(=O)COc3ccccc32)CC1. The van der Waals surface area contributed by atoms with Crippen LogP contribution in [0, 0.1) is 5.92 Å². The Morgan fingerprint density at radius 1 is 1.13 bits per heavy atom. The molecule has 1 fully saturated rings. The standard InChI is InChI=1S/C21H26N2O7/c1-2-28-21(27)15-7-10-22(11-8-15)18(24)13-30-20(26)9-12-23-16-5-3-4-6-17(16)29-14-19(23)25/h3-6,15H,2,7-14H2,1H3. The van der Waals surface area contributed by atoms with Crippen molar-refractivity contribution in [1.82, 2.24) is 4.90 Å². The second kappa shape index (κ2) is 10.1. The number of likely N-dealkylation sites (tertiary alicyclic amines) is 1. The molecular formula is C21H26N2O7. The van der Waals surface area contributed by atoms with Crippen LogP contribution in [0.1, 0.15) is 26.2 Å². The molecule has 2 aliphatic heterocycles. The zero-order valence-electron chi connectivity index (χ0n) is 17.0. The summed E-state index contributed by atoms with van der Waals surface area (Å²) in [6.45, 7) is 2.69. The van der Waals surface area contributed by atoms with Gasteiger partial charge in [0.25, 0.3) is 11.8 Å². The molecule has 0 aromatic heterocycles. The summed E-state index contributed by atoms with van der Waals surface area (Å²) in [5, 5.41) is 0. The molecular weight excluding hydrogens is 392 g/mol. The van der Waals surface area contributed by atoms with Crippen molar-refractivity contribution >= 4 is 29.4 Å². The predicted octanol–water partition coefficient (Wildman–Crippen LogP) is 1.15. The van der Waals surface area contributed by atoms with Gasteiger partial charge in [0.05, 0.1) is 24.6 Å². The number of rotatable bonds is 7. The zero-order chi connectivity index (χ0) is 21.5. The lowest BCUT2D eigenvalue weighted by Crippen LogP contribution is -2.43. The highest BCUT2D eigenvalue weighted by Gasteiger charge is 2.29. The average Bonchev–Trinajstić information content (AvgIpc) is 2.77. The van der Waals surface area contributed by atoms with Crippen molar-refractivity contribution in [2.24, 2.45) is 5.92 Å². The molecule has 1 saturated heterocycles. The first-order valence-electron chi connectivity index (χ1n) is 10.1. The summed E-state index contributed by atoms with van der Waals surface area (Å²) in [7, 11) is 0. The van der Waals surface area contributed by atoms with Gasteiger partial charge in [-0.25, -0.2) is 0 Å². The van der Waals surface area contributed by atoms with Gasteiger partial charge in [0.15, 0.2) is 13.2 Å². The monoisotopic (exact) mass is 418 g/mol. The van der Waals surface area contributed by atoms with Gasteiger partial charge >= 0.3 is 11.9 Å². The minimum atomic E-state index is -0.554. The molecule has 0 unspecified atom stereocenters. The van der Waals surface area contributed by atoms with Crippen LogP contribution in [0.2, 0.25) is 0 Å². The number of carbonyl (C=O) groups is 4. The number of nitrogens with zero attached hydrogens (tertiary/aromatic N) is 2. The van der Waals surface area contributed by atoms with Crippen LogP contribution >= 0.6 is 0 Å². The Kier molecular flexibility index (Phi) is 7.26. The van der Waals surface area contributed by atoms with Gasteiger partial charge in [-0.3, -0.25) is 19.2 Å². The quantitative estimate of drug-likeness (QED) is 0.612. The largest absolute Gasteiger partial charge is 0.482 e. The third-order valence-electron chi connectivity index (χ3n) is 5.17. The molecule has 0 N–H and O–H groups in total. The fourth-order valence-corrected chi connectivity index (χ4v) is 3.53. The van der Waals surface area contributed by atoms with Crippen molar-refractivity contribution in [1.29, 1.82) is 0 Å². The van der Waals surface area contributed by atoms with E-state index < -0.39 is 5.97 Å². The molecule has 0 bridgehead atoms. The molecule has 3 rings (SSSR count). The van der Waals surface area contributed by atoms with Crippen LogP contribution in [0.5, 0.6) is 5.75 Å². The van der Waals surface area contributed by atoms with Gasteiger partial charge in [-0.15, -0.1) is 0 Å². The van der Waals surface area contributed by atoms with Crippen LogP contribution in [-0.4, -0.2) is 68.1 Å². The molecule has 162 valence electrons. The summed E-state index contributed by atoms with van der Waals surface area (Å²) in [5.41, 5.74) is 0.613. The van der Waals surface area contributed by atoms with E-state index in [1.165, 1.54) is 4.90 Å². The number of hydrogen-bond acceptors (Lipinski definition) is 7. The molecule has 1 aromatic rings. The first-order chi connectivity index (χ1) is 14.5. The first kappa shape index (κ1) is 21.6. The number of esters is 2. The van der Waals surface area contributed by atoms with Crippen molar-refractivity contribution in [3.05, 3.63) is 24.3 Å². The zero-order valence-corrected chi connectivity index (χ0v) is 17.0. The third kappa shape index (κ3) is 5.28. The molecule has 0 aliphatic carbocycles. The number of para-hydroxylation sites is 2. The maximum absolute atomic E-state index is 12.3. The van der Waals surface area contributed by atoms with E-state index in [1.807, 2.05) is 6.07 Å². The van der Waals surface area contributed by atoms with Crippen molar-refractivity contribution in [2.45, 2.75) is 26.2 Å². The predicted molar refractivity (Wildman–Crippen MR) is 106 cm³/mol. The molecule has 0 radical (unpaired) electrons. The summed E-state index contributed by atoms with van der Waals surface area (Å²) >= 11 is 0. The van der Waals surface area contributed by atoms with E-state index in [9.17, 15) is 19.2 Å². The van der Waals surface area contributed by atoms with Crippen molar-refractivity contribution < 1.29 is 33.4 Å². The Hall–Kier alpha value is -3.10. The fraction of sp³-hybridized carbons (Fsp3) is 0.524. The van der Waals surface area contributed by atoms with Crippen LogP contribution in [0.3, 0.4) is 0 Å². The second-order valence-electron chi connectivity index (χ2n) is 7.12. The molecule has 30 heavy (non-hydrogen) atoms. The minimum Gasteiger partial charge on any atom is -0.482 e. The maximum atomic E-state index is 12.3. The molecule has 2 amide bonds. The normalized spacial score (nSPS) is 16.5. The summed E-state index contributed by atoms with van der Waals surface area (Å²) < 4.78 is 15.5. The smallest absolute Gasteiger partial charge is 0.309 e. The third-order valence-corrected chi connectivity index (χ3v) is 5.17. The van der Waals surface area contributed by atoms with E-state index in [1.54, 1.807) is 30.0 Å². The van der Waals surface area contributed by atoms with Crippen molar-refractivity contribution in [3.8, 4) is 5.75 Å². The molecule has 2 aliphatic rings. The highest BCUT2D eigenvalue weighted by molar-refractivity contribution is 5.98. The Bertz CT molecular complexity index is 802. The summed E-state index contributed by atoms with van der Waals surface area (Å²) in [5.74, 6) is -0.908. The number of benzene rings is 1. The Labute approximate surface area is 174 Å². The highest BCUT2D eigenvalue weighted by atomic mass is 16.5. The summed E-state index contributed by atoms with van der Waals surface area (Å²) in [4.78, 5) is 51.3. The Balaban J connectivity index is 1.41. The van der Waals surface area contributed by atoms with E-state index in [-0.39, 0.29) is 49.9 Å². The fourth-order valence-electron chi connectivity index (χ4n) is 3.53. The van der Waals surface area contributed by atoms with Gasteiger partial charge in [-0.2, -0.15) is 0 Å². The van der Waals surface area contributed by atoms with E-state index in [2.05, 4.69) is 0 Å². The summed E-state index contributed by atoms with van der Waals surface area (Å²) in [6.07, 6.45) is 1.05. The topological polar surface area (TPSA) is 102 Å². The lowest BCUT2D eigenvalue weighted by Gasteiger charge is -2.30. The van der Waals surface area contributed by atoms with Gasteiger partial charge in [0.2, 0.25) is 0 Å². The van der Waals surface area contributed by atoms with Crippen LogP contribution in [0.4, 0.5) is 5.69 Å². The second-order valence-corrected chi connectivity index (χ2v) is 7.12. The highest BCUT2D eigenvalue weighted by Crippen LogP contribution is 2.31. The van der Waals surface area contributed by atoms with Crippen LogP contribution in [-0.2, 0) is 28.7 Å². The number of amides is 2. The van der Waals surface area contributed by atoms with E-state index >= 15 is 0 Å². The molecule has 9 nitrogen and oxygen atoms in total. The average molecular weight is 418 g/mol. The number of ether oxygens (including phenoxy) is 3. The van der Waals surface area contributed by atoms with E-state index in [0.717, 1.165) is 0 Å². The lowest BCUT2D eigenvalue weighted by molar-refractivity contribution is -0.154. The maximum Gasteiger partial charge on any atom is 0.309 e.